The van der Waals surface area contributed by atoms with E-state index in [1.54, 1.807) is 0 Å². The first kappa shape index (κ1) is 19.4. The van der Waals surface area contributed by atoms with Crippen molar-refractivity contribution in [2.24, 2.45) is 5.92 Å². The molecule has 0 aliphatic carbocycles. The first-order valence-electron chi connectivity index (χ1n) is 8.92. The van der Waals surface area contributed by atoms with E-state index in [9.17, 15) is 0 Å². The van der Waals surface area contributed by atoms with Crippen molar-refractivity contribution in [3.63, 3.8) is 0 Å². The molecule has 0 spiro atoms. The van der Waals surface area contributed by atoms with Crippen LogP contribution in [0.2, 0.25) is 0 Å². The monoisotopic (exact) mass is 280 g/mol. The lowest BCUT2D eigenvalue weighted by atomic mass is 10.0. The van der Waals surface area contributed by atoms with Crippen molar-refractivity contribution in [2.75, 3.05) is 19.6 Å². The van der Waals surface area contributed by atoms with Gasteiger partial charge in [-0.3, -0.25) is 0 Å². The van der Waals surface area contributed by atoms with Gasteiger partial charge in [0, 0.05) is 12.3 Å². The predicted molar refractivity (Wildman–Crippen MR) is 86.2 cm³/mol. The Bertz CT molecular complexity index is 213. The van der Waals surface area contributed by atoms with E-state index in [1.165, 1.54) is 90.3 Å². The molecule has 0 aromatic heterocycles. The summed E-state index contributed by atoms with van der Waals surface area (Å²) in [5, 5.41) is 6.25. The highest BCUT2D eigenvalue weighted by Crippen LogP contribution is 2.13. The van der Waals surface area contributed by atoms with Crippen LogP contribution in [0.15, 0.2) is 0 Å². The van der Waals surface area contributed by atoms with Crippen molar-refractivity contribution < 1.29 is 4.90 Å². The molecule has 0 amide bonds. The molecule has 0 aromatic rings. The van der Waals surface area contributed by atoms with Crippen molar-refractivity contribution >= 4 is 0 Å². The summed E-state index contributed by atoms with van der Waals surface area (Å²) in [5.74, 6) is 1.06. The molecule has 1 aliphatic rings. The van der Waals surface area contributed by atoms with Gasteiger partial charge < -0.3 is 16.7 Å². The molecular weight excluding hydrogens is 244 g/mol. The number of likely N-dealkylation sites (tertiary alicyclic amines) is 1. The summed E-state index contributed by atoms with van der Waals surface area (Å²) >= 11 is 0. The number of nitrogens with zero attached hydrogens (tertiary/aromatic N) is 1. The second-order valence-corrected chi connectivity index (χ2v) is 6.37. The number of rotatable bonds is 11. The molecule has 2 unspecified atom stereocenters. The van der Waals surface area contributed by atoms with Crippen LogP contribution in [0, 0.1) is 17.8 Å². The summed E-state index contributed by atoms with van der Waals surface area (Å²) in [4.78, 5) is 1.91. The summed E-state index contributed by atoms with van der Waals surface area (Å²) in [6.07, 6.45) is 16.0. The predicted octanol–water partition coefficient (Wildman–Crippen LogP) is 3.93. The minimum atomic E-state index is 1.06. The van der Waals surface area contributed by atoms with Crippen LogP contribution >= 0.6 is 0 Å². The largest absolute Gasteiger partial charge is 0.512 e. The maximum atomic E-state index is 6.25. The van der Waals surface area contributed by atoms with Gasteiger partial charge in [0.1, 0.15) is 0 Å². The molecule has 2 heteroatoms. The highest BCUT2D eigenvalue weighted by Gasteiger charge is 2.24. The minimum Gasteiger partial charge on any atom is -0.512 e. The zero-order chi connectivity index (χ0) is 15.1. The number of hydrogen-bond donors (Lipinski definition) is 1. The van der Waals surface area contributed by atoms with Gasteiger partial charge in [-0.15, -0.1) is 0 Å². The van der Waals surface area contributed by atoms with Crippen LogP contribution in [0.1, 0.15) is 84.5 Å². The summed E-state index contributed by atoms with van der Waals surface area (Å²) in [6, 6.07) is 0. The molecule has 118 valence electrons. The van der Waals surface area contributed by atoms with Gasteiger partial charge in [0.05, 0.1) is 19.6 Å². The highest BCUT2D eigenvalue weighted by atomic mass is 15.1. The van der Waals surface area contributed by atoms with E-state index in [-0.39, 0.29) is 0 Å². The van der Waals surface area contributed by atoms with Crippen LogP contribution in [0.25, 0.3) is 0 Å². The lowest BCUT2D eigenvalue weighted by Gasteiger charge is -2.13. The van der Waals surface area contributed by atoms with E-state index >= 15 is 0 Å². The van der Waals surface area contributed by atoms with Gasteiger partial charge in [-0.1, -0.05) is 58.8 Å². The SMILES string of the molecule is CCCCCCCCC[NH+]1CCC(CCCC)C1.[C-]#N. The fourth-order valence-corrected chi connectivity index (χ4v) is 3.32. The average Bonchev–Trinajstić information content (AvgIpc) is 2.94. The highest BCUT2D eigenvalue weighted by molar-refractivity contribution is 4.62. The Morgan fingerprint density at radius 2 is 1.50 bits per heavy atom. The van der Waals surface area contributed by atoms with Crippen LogP contribution in [0.3, 0.4) is 0 Å². The number of nitrogens with one attached hydrogen (secondary N) is 1. The third kappa shape index (κ3) is 10.3. The molecule has 1 heterocycles. The molecule has 1 rings (SSSR count). The van der Waals surface area contributed by atoms with Gasteiger partial charge in [0.2, 0.25) is 0 Å². The van der Waals surface area contributed by atoms with E-state index in [4.69, 9.17) is 11.8 Å². The van der Waals surface area contributed by atoms with Crippen LogP contribution in [0.4, 0.5) is 0 Å². The first-order valence-corrected chi connectivity index (χ1v) is 8.92. The van der Waals surface area contributed by atoms with Gasteiger partial charge in [-0.25, -0.2) is 0 Å². The molecule has 20 heavy (non-hydrogen) atoms. The number of hydrogen-bond acceptors (Lipinski definition) is 1. The van der Waals surface area contributed by atoms with Gasteiger partial charge in [-0.05, 0) is 19.3 Å². The van der Waals surface area contributed by atoms with Crippen LogP contribution in [0.5, 0.6) is 0 Å². The minimum absolute atomic E-state index is 1.06. The summed E-state index contributed by atoms with van der Waals surface area (Å²) in [7, 11) is 0. The van der Waals surface area contributed by atoms with Crippen molar-refractivity contribution in [1.29, 1.82) is 5.26 Å². The van der Waals surface area contributed by atoms with Crippen molar-refractivity contribution in [2.45, 2.75) is 84.5 Å². The van der Waals surface area contributed by atoms with Gasteiger partial charge in [0.15, 0.2) is 0 Å². The van der Waals surface area contributed by atoms with Crippen molar-refractivity contribution in [3.8, 4) is 0 Å². The Kier molecular flexibility index (Phi) is 14.4. The third-order valence-corrected chi connectivity index (χ3v) is 4.58. The van der Waals surface area contributed by atoms with Crippen LogP contribution in [-0.4, -0.2) is 19.6 Å². The summed E-state index contributed by atoms with van der Waals surface area (Å²) < 4.78 is 0. The van der Waals surface area contributed by atoms with E-state index in [0.29, 0.717) is 0 Å². The number of unbranched alkanes of at least 4 members (excludes halogenated alkanes) is 7. The molecule has 1 saturated heterocycles. The summed E-state index contributed by atoms with van der Waals surface area (Å²) in [5.41, 5.74) is 0. The van der Waals surface area contributed by atoms with Crippen molar-refractivity contribution in [3.05, 3.63) is 6.57 Å². The average molecular weight is 280 g/mol. The van der Waals surface area contributed by atoms with E-state index < -0.39 is 0 Å². The fraction of sp³-hybridized carbons (Fsp3) is 0.944. The maximum absolute atomic E-state index is 6.25. The quantitative estimate of drug-likeness (QED) is 0.451. The van der Waals surface area contributed by atoms with E-state index in [0.717, 1.165) is 5.92 Å². The topological polar surface area (TPSA) is 28.2 Å². The molecule has 2 atom stereocenters. The summed E-state index contributed by atoms with van der Waals surface area (Å²) in [6.45, 7) is 13.8. The molecular formula is C18H36N2. The normalized spacial score (nSPS) is 21.4. The Hall–Kier alpha value is -0.550. The molecule has 0 saturated carbocycles. The lowest BCUT2D eigenvalue weighted by Crippen LogP contribution is -3.10. The lowest BCUT2D eigenvalue weighted by molar-refractivity contribution is -0.889. The molecule has 2 nitrogen and oxygen atoms in total. The van der Waals surface area contributed by atoms with Gasteiger partial charge in [0.25, 0.3) is 0 Å². The number of quaternary nitrogens is 1. The second-order valence-electron chi connectivity index (χ2n) is 6.37. The molecule has 0 radical (unpaired) electrons. The molecule has 1 fully saturated rings. The Morgan fingerprint density at radius 3 is 2.15 bits per heavy atom. The van der Waals surface area contributed by atoms with Gasteiger partial charge in [-0.2, -0.15) is 0 Å². The van der Waals surface area contributed by atoms with Crippen LogP contribution in [-0.2, 0) is 0 Å². The fourth-order valence-electron chi connectivity index (χ4n) is 3.32. The molecule has 0 bridgehead atoms. The smallest absolute Gasteiger partial charge is 0.0801 e. The molecule has 1 aliphatic heterocycles. The molecule has 1 N–H and O–H groups in total. The Balaban J connectivity index is 0.00000172. The van der Waals surface area contributed by atoms with Gasteiger partial charge >= 0.3 is 0 Å². The Morgan fingerprint density at radius 1 is 0.900 bits per heavy atom. The standard InChI is InChI=1S/C17H35N.CN/c1-3-5-7-8-9-10-11-14-18-15-13-17(16-18)12-6-4-2;1-2/h17H,3-16H2,1-2H3;/q;-1/p+1. The molecule has 0 aromatic carbocycles. The second kappa shape index (κ2) is 14.9. The maximum Gasteiger partial charge on any atom is 0.0801 e. The zero-order valence-corrected chi connectivity index (χ0v) is 13.9. The zero-order valence-electron chi connectivity index (χ0n) is 13.9. The van der Waals surface area contributed by atoms with Crippen LogP contribution < -0.4 is 4.90 Å². The van der Waals surface area contributed by atoms with E-state index in [1.807, 2.05) is 4.90 Å². The first-order chi connectivity index (χ1) is 9.86. The Labute approximate surface area is 127 Å². The third-order valence-electron chi connectivity index (χ3n) is 4.58. The van der Waals surface area contributed by atoms with E-state index in [2.05, 4.69) is 13.8 Å². The van der Waals surface area contributed by atoms with Crippen molar-refractivity contribution in [1.82, 2.24) is 0 Å².